The molecule has 300 valence electrons. The highest BCUT2D eigenvalue weighted by Gasteiger charge is 2.60. The van der Waals surface area contributed by atoms with Gasteiger partial charge in [-0.05, 0) is 123 Å². The van der Waals surface area contributed by atoms with Gasteiger partial charge in [-0.3, -0.25) is 14.4 Å². The van der Waals surface area contributed by atoms with E-state index in [1.807, 2.05) is 18.2 Å². The third-order valence-corrected chi connectivity index (χ3v) is 12.2. The van der Waals surface area contributed by atoms with Crippen LogP contribution in [0.1, 0.15) is 90.7 Å². The van der Waals surface area contributed by atoms with Crippen LogP contribution >= 0.6 is 0 Å². The Morgan fingerprint density at radius 1 is 0.836 bits per heavy atom. The number of methoxy groups -OCH3 is 3. The van der Waals surface area contributed by atoms with E-state index in [1.165, 1.54) is 26.4 Å². The first-order chi connectivity index (χ1) is 26.0. The van der Waals surface area contributed by atoms with Crippen molar-refractivity contribution in [1.82, 2.24) is 5.32 Å². The largest absolute Gasteiger partial charge is 0.493 e. The van der Waals surface area contributed by atoms with E-state index in [0.29, 0.717) is 49.0 Å². The molecule has 3 unspecified atom stereocenters. The second-order valence-corrected chi connectivity index (χ2v) is 18.0. The average Bonchev–Trinajstić information content (AvgIpc) is 3.43. The summed E-state index contributed by atoms with van der Waals surface area (Å²) in [5, 5.41) is 2.63. The number of rotatable bonds is 15. The maximum absolute atomic E-state index is 13.1. The standard InChI is InChI=1S/C43H57NO11/c1-26(53-36(45)20-43-19-29-17-41(4,23-43)22-42(5,18-29)24-43)54-38(47)40(2,3)25-44-39(48)55-33-12-10-28(16-35(33)51-8)14-31-30(21-52-37(31)46)13-27-9-11-32(49-6)34(15-27)50-7/h9-12,15-16,26,29-31H,13-14,17-25H2,1-8H3,(H,44,48)/t26?,29?,30-,31+,41?,42?,43?/m0/s1. The molecule has 12 nitrogen and oxygen atoms in total. The first kappa shape index (κ1) is 40.2. The van der Waals surface area contributed by atoms with E-state index in [-0.39, 0.29) is 52.3 Å². The van der Waals surface area contributed by atoms with Crippen LogP contribution in [-0.4, -0.2) is 64.8 Å². The lowest BCUT2D eigenvalue weighted by Gasteiger charge is -2.65. The van der Waals surface area contributed by atoms with Crippen LogP contribution in [0.4, 0.5) is 4.79 Å². The van der Waals surface area contributed by atoms with Crippen molar-refractivity contribution in [2.75, 3.05) is 34.5 Å². The topological polar surface area (TPSA) is 145 Å². The summed E-state index contributed by atoms with van der Waals surface area (Å²) in [4.78, 5) is 51.9. The Kier molecular flexibility index (Phi) is 11.4. The summed E-state index contributed by atoms with van der Waals surface area (Å²) >= 11 is 0. The predicted molar refractivity (Wildman–Crippen MR) is 202 cm³/mol. The van der Waals surface area contributed by atoms with Gasteiger partial charge < -0.3 is 38.5 Å². The molecule has 5 fully saturated rings. The number of nitrogens with one attached hydrogen (secondary N) is 1. The Labute approximate surface area is 324 Å². The van der Waals surface area contributed by atoms with Crippen LogP contribution < -0.4 is 24.3 Å². The minimum Gasteiger partial charge on any atom is -0.493 e. The van der Waals surface area contributed by atoms with Crippen molar-refractivity contribution in [2.45, 2.75) is 98.7 Å². The molecule has 0 radical (unpaired) electrons. The molecule has 4 bridgehead atoms. The fraction of sp³-hybridized carbons (Fsp3) is 0.628. The second-order valence-electron chi connectivity index (χ2n) is 18.0. The molecule has 1 aliphatic heterocycles. The van der Waals surface area contributed by atoms with Gasteiger partial charge in [0.2, 0.25) is 6.29 Å². The van der Waals surface area contributed by atoms with Gasteiger partial charge in [0.1, 0.15) is 0 Å². The number of carbonyl (C=O) groups is 4. The zero-order valence-electron chi connectivity index (χ0n) is 33.5. The molecular weight excluding hydrogens is 706 g/mol. The lowest BCUT2D eigenvalue weighted by Crippen LogP contribution is -2.55. The van der Waals surface area contributed by atoms with E-state index >= 15 is 0 Å². The fourth-order valence-corrected chi connectivity index (χ4v) is 10.8. The molecule has 4 saturated carbocycles. The smallest absolute Gasteiger partial charge is 0.412 e. The van der Waals surface area contributed by atoms with Gasteiger partial charge >= 0.3 is 24.0 Å². The van der Waals surface area contributed by atoms with Crippen molar-refractivity contribution in [2.24, 2.45) is 39.4 Å². The van der Waals surface area contributed by atoms with Crippen LogP contribution in [-0.2, 0) is 41.4 Å². The van der Waals surface area contributed by atoms with Gasteiger partial charge in [-0.15, -0.1) is 0 Å². The van der Waals surface area contributed by atoms with Crippen molar-refractivity contribution < 1.29 is 52.3 Å². The predicted octanol–water partition coefficient (Wildman–Crippen LogP) is 7.22. The molecule has 1 saturated heterocycles. The molecule has 7 rings (SSSR count). The maximum atomic E-state index is 13.1. The first-order valence-corrected chi connectivity index (χ1v) is 19.4. The van der Waals surface area contributed by atoms with Crippen molar-refractivity contribution in [3.8, 4) is 23.0 Å². The molecule has 1 N–H and O–H groups in total. The average molecular weight is 764 g/mol. The van der Waals surface area contributed by atoms with Crippen molar-refractivity contribution in [3.63, 3.8) is 0 Å². The molecule has 2 aromatic carbocycles. The molecule has 5 aliphatic rings. The number of hydrogen-bond acceptors (Lipinski definition) is 11. The summed E-state index contributed by atoms with van der Waals surface area (Å²) in [7, 11) is 4.63. The van der Waals surface area contributed by atoms with Crippen molar-refractivity contribution >= 4 is 24.0 Å². The van der Waals surface area contributed by atoms with E-state index in [0.717, 1.165) is 30.4 Å². The molecule has 12 heteroatoms. The molecule has 1 heterocycles. The summed E-state index contributed by atoms with van der Waals surface area (Å²) in [5.74, 6) is 0.723. The van der Waals surface area contributed by atoms with E-state index < -0.39 is 23.8 Å². The Morgan fingerprint density at radius 2 is 1.44 bits per heavy atom. The van der Waals surface area contributed by atoms with Crippen LogP contribution in [0.25, 0.3) is 0 Å². The van der Waals surface area contributed by atoms with Crippen LogP contribution in [0.3, 0.4) is 0 Å². The number of cyclic esters (lactones) is 1. The van der Waals surface area contributed by atoms with Gasteiger partial charge in [0, 0.05) is 19.4 Å². The minimum absolute atomic E-state index is 0.0445. The number of hydrogen-bond donors (Lipinski definition) is 1. The SMILES string of the molecule is COc1ccc(C[C@H]2COC(=O)[C@@H]2Cc2ccc(OC(=O)NCC(C)(C)C(=O)OC(C)OC(=O)CC34CC5CC(C)(CC(C)(C5)C3)C4)c(OC)c2)cc1OC. The highest BCUT2D eigenvalue weighted by Crippen LogP contribution is 2.70. The Balaban J connectivity index is 0.976. The van der Waals surface area contributed by atoms with E-state index in [2.05, 4.69) is 19.2 Å². The van der Waals surface area contributed by atoms with Gasteiger partial charge in [0.05, 0.1) is 45.7 Å². The fourth-order valence-electron chi connectivity index (χ4n) is 10.8. The monoisotopic (exact) mass is 763 g/mol. The summed E-state index contributed by atoms with van der Waals surface area (Å²) in [5.41, 5.74) is 1.18. The third-order valence-electron chi connectivity index (χ3n) is 12.2. The van der Waals surface area contributed by atoms with Gasteiger partial charge in [-0.1, -0.05) is 26.0 Å². The van der Waals surface area contributed by atoms with Gasteiger partial charge in [-0.25, -0.2) is 4.79 Å². The first-order valence-electron chi connectivity index (χ1n) is 19.4. The van der Waals surface area contributed by atoms with Crippen LogP contribution in [0, 0.1) is 39.4 Å². The quantitative estimate of drug-likeness (QED) is 0.145. The maximum Gasteiger partial charge on any atom is 0.412 e. The molecular formula is C43H57NO11. The number of benzene rings is 2. The van der Waals surface area contributed by atoms with E-state index in [1.54, 1.807) is 53.2 Å². The van der Waals surface area contributed by atoms with E-state index in [4.69, 9.17) is 33.2 Å². The zero-order valence-corrected chi connectivity index (χ0v) is 33.5. The molecule has 55 heavy (non-hydrogen) atoms. The Morgan fingerprint density at radius 3 is 2.05 bits per heavy atom. The number of ether oxygens (including phenoxy) is 7. The molecule has 0 aromatic heterocycles. The van der Waals surface area contributed by atoms with E-state index in [9.17, 15) is 19.2 Å². The number of amides is 1. The highest BCUT2D eigenvalue weighted by atomic mass is 16.7. The second kappa shape index (κ2) is 15.6. The van der Waals surface area contributed by atoms with Crippen molar-refractivity contribution in [3.05, 3.63) is 47.5 Å². The Hall–Kier alpha value is -4.48. The van der Waals surface area contributed by atoms with Gasteiger partial charge in [-0.2, -0.15) is 0 Å². The summed E-state index contributed by atoms with van der Waals surface area (Å²) in [6.45, 7) is 9.75. The highest BCUT2D eigenvalue weighted by molar-refractivity contribution is 5.78. The summed E-state index contributed by atoms with van der Waals surface area (Å²) in [6, 6.07) is 10.8. The summed E-state index contributed by atoms with van der Waals surface area (Å²) in [6.07, 6.45) is 6.36. The number of esters is 3. The molecule has 1 amide bonds. The lowest BCUT2D eigenvalue weighted by molar-refractivity contribution is -0.197. The van der Waals surface area contributed by atoms with Crippen LogP contribution in [0.15, 0.2) is 36.4 Å². The third kappa shape index (κ3) is 9.15. The van der Waals surface area contributed by atoms with Gasteiger partial charge in [0.25, 0.3) is 0 Å². The molecule has 0 spiro atoms. The lowest BCUT2D eigenvalue weighted by atomic mass is 9.40. The van der Waals surface area contributed by atoms with Crippen LogP contribution in [0.5, 0.6) is 23.0 Å². The molecule has 4 aliphatic carbocycles. The van der Waals surface area contributed by atoms with Crippen LogP contribution in [0.2, 0.25) is 0 Å². The van der Waals surface area contributed by atoms with Crippen molar-refractivity contribution in [1.29, 1.82) is 0 Å². The normalized spacial score (nSPS) is 28.5. The summed E-state index contributed by atoms with van der Waals surface area (Å²) < 4.78 is 38.5. The zero-order chi connectivity index (χ0) is 39.8. The van der Waals surface area contributed by atoms with Gasteiger partial charge in [0.15, 0.2) is 23.0 Å². The Bertz CT molecular complexity index is 1770. The molecule has 5 atom stereocenters. The molecule has 2 aromatic rings. The minimum atomic E-state index is -1.15. The number of carbonyl (C=O) groups excluding carboxylic acids is 4.